The lowest BCUT2D eigenvalue weighted by Crippen LogP contribution is -2.15. The Kier molecular flexibility index (Phi) is 4.32. The lowest BCUT2D eigenvalue weighted by Gasteiger charge is -2.09. The van der Waals surface area contributed by atoms with Gasteiger partial charge in [0.25, 0.3) is 0 Å². The first kappa shape index (κ1) is 8.63. The number of nitrogens with one attached hydrogen (secondary N) is 1. The van der Waals surface area contributed by atoms with E-state index < -0.39 is 0 Å². The summed E-state index contributed by atoms with van der Waals surface area (Å²) in [4.78, 5) is 0. The lowest BCUT2D eigenvalue weighted by atomic mass is 10.00. The maximum atomic E-state index is 8.66. The van der Waals surface area contributed by atoms with Crippen LogP contribution in [0.15, 0.2) is 0 Å². The topological polar surface area (TPSA) is 44.1 Å². The quantitative estimate of drug-likeness (QED) is 0.550. The second kappa shape index (κ2) is 4.50. The molecule has 0 spiro atoms. The molecule has 0 heterocycles. The molecule has 2 N–H and O–H groups in total. The van der Waals surface area contributed by atoms with Gasteiger partial charge in [-0.25, -0.2) is 0 Å². The van der Waals surface area contributed by atoms with Crippen molar-refractivity contribution in [2.75, 3.05) is 6.61 Å². The molecule has 0 saturated carbocycles. The van der Waals surface area contributed by atoms with E-state index in [0.717, 1.165) is 6.42 Å². The Hall–Kier alpha value is -0.370. The molecule has 0 aliphatic carbocycles. The van der Waals surface area contributed by atoms with E-state index in [2.05, 4.69) is 6.92 Å². The van der Waals surface area contributed by atoms with Crippen LogP contribution in [0.2, 0.25) is 0 Å². The molecule has 0 rings (SSSR count). The zero-order chi connectivity index (χ0) is 7.28. The van der Waals surface area contributed by atoms with Crippen molar-refractivity contribution in [3.8, 4) is 0 Å². The van der Waals surface area contributed by atoms with Gasteiger partial charge in [-0.3, -0.25) is 0 Å². The molecule has 0 saturated heterocycles. The van der Waals surface area contributed by atoms with Gasteiger partial charge >= 0.3 is 0 Å². The summed E-state index contributed by atoms with van der Waals surface area (Å²) >= 11 is 0. The number of rotatable bonds is 4. The minimum Gasteiger partial charge on any atom is -0.396 e. The fourth-order valence-corrected chi connectivity index (χ4v) is 0.690. The van der Waals surface area contributed by atoms with Gasteiger partial charge in [-0.15, -0.1) is 0 Å². The Morgan fingerprint density at radius 1 is 1.78 bits per heavy atom. The molecule has 1 unspecified atom stereocenters. The van der Waals surface area contributed by atoms with Crippen LogP contribution in [-0.4, -0.2) is 17.4 Å². The molecule has 0 fully saturated rings. The van der Waals surface area contributed by atoms with Crippen molar-refractivity contribution in [2.24, 2.45) is 5.92 Å². The highest BCUT2D eigenvalue weighted by atomic mass is 16.3. The highest BCUT2D eigenvalue weighted by Crippen LogP contribution is 2.04. The number of aliphatic hydroxyl groups excluding tert-OH is 1. The lowest BCUT2D eigenvalue weighted by molar-refractivity contribution is 0.257. The van der Waals surface area contributed by atoms with E-state index in [1.807, 2.05) is 6.92 Å². The maximum Gasteiger partial charge on any atom is 0.0511 e. The highest BCUT2D eigenvalue weighted by Gasteiger charge is 2.07. The normalized spacial score (nSPS) is 13.2. The predicted molar refractivity (Wildman–Crippen MR) is 38.6 cm³/mol. The van der Waals surface area contributed by atoms with Crippen molar-refractivity contribution in [3.05, 3.63) is 6.92 Å². The summed E-state index contributed by atoms with van der Waals surface area (Å²) in [6, 6.07) is 0. The van der Waals surface area contributed by atoms with E-state index in [9.17, 15) is 0 Å². The zero-order valence-electron chi connectivity index (χ0n) is 5.85. The van der Waals surface area contributed by atoms with Crippen molar-refractivity contribution in [1.82, 2.24) is 0 Å². The van der Waals surface area contributed by atoms with Crippen molar-refractivity contribution in [2.45, 2.75) is 19.8 Å². The minimum absolute atomic E-state index is 0.0440. The fourth-order valence-electron chi connectivity index (χ4n) is 0.690. The Labute approximate surface area is 56.4 Å². The maximum absolute atomic E-state index is 8.66. The molecule has 0 bridgehead atoms. The van der Waals surface area contributed by atoms with Crippen LogP contribution < -0.4 is 0 Å². The summed E-state index contributed by atoms with van der Waals surface area (Å²) in [7, 11) is 0. The summed E-state index contributed by atoms with van der Waals surface area (Å²) in [5.74, 6) is 0.0440. The smallest absolute Gasteiger partial charge is 0.0511 e. The Morgan fingerprint density at radius 2 is 2.33 bits per heavy atom. The van der Waals surface area contributed by atoms with Crippen LogP contribution in [0.25, 0.3) is 0 Å². The van der Waals surface area contributed by atoms with Crippen LogP contribution in [0.1, 0.15) is 19.8 Å². The first-order chi connectivity index (χ1) is 4.26. The first-order valence-electron chi connectivity index (χ1n) is 3.23. The number of hydrogen-bond acceptors (Lipinski definition) is 2. The van der Waals surface area contributed by atoms with Gasteiger partial charge in [0.15, 0.2) is 0 Å². The summed E-state index contributed by atoms with van der Waals surface area (Å²) in [6.07, 6.45) is 1.35. The number of aliphatic hydroxyl groups is 1. The molecule has 0 amide bonds. The zero-order valence-corrected chi connectivity index (χ0v) is 5.85. The molecule has 0 aliphatic rings. The molecule has 1 radical (unpaired) electrons. The van der Waals surface area contributed by atoms with E-state index in [4.69, 9.17) is 10.5 Å². The van der Waals surface area contributed by atoms with Crippen LogP contribution in [-0.2, 0) is 0 Å². The van der Waals surface area contributed by atoms with Crippen LogP contribution >= 0.6 is 0 Å². The average Bonchev–Trinajstić information content (AvgIpc) is 1.90. The fraction of sp³-hybridized carbons (Fsp3) is 0.714. The molecule has 0 aromatic rings. The van der Waals surface area contributed by atoms with Crippen LogP contribution in [0.3, 0.4) is 0 Å². The van der Waals surface area contributed by atoms with E-state index in [1.165, 1.54) is 0 Å². The minimum atomic E-state index is 0.0440. The van der Waals surface area contributed by atoms with Gasteiger partial charge in [0.05, 0.1) is 6.61 Å². The van der Waals surface area contributed by atoms with Gasteiger partial charge in [0.2, 0.25) is 0 Å². The molecule has 9 heavy (non-hydrogen) atoms. The van der Waals surface area contributed by atoms with Crippen molar-refractivity contribution < 1.29 is 5.11 Å². The summed E-state index contributed by atoms with van der Waals surface area (Å²) in [5.41, 5.74) is 0.556. The second-order valence-electron chi connectivity index (χ2n) is 2.06. The highest BCUT2D eigenvalue weighted by molar-refractivity contribution is 5.84. The molecule has 53 valence electrons. The van der Waals surface area contributed by atoms with Gasteiger partial charge in [-0.1, -0.05) is 6.92 Å². The third kappa shape index (κ3) is 2.61. The predicted octanol–water partition coefficient (Wildman–Crippen LogP) is 1.25. The van der Waals surface area contributed by atoms with Gasteiger partial charge < -0.3 is 10.5 Å². The Bertz CT molecular complexity index is 86.9. The molecular formula is C7H14NO. The Morgan fingerprint density at radius 3 is 2.44 bits per heavy atom. The monoisotopic (exact) mass is 128 g/mol. The molecule has 1 atom stereocenters. The third-order valence-corrected chi connectivity index (χ3v) is 1.48. The van der Waals surface area contributed by atoms with E-state index in [-0.39, 0.29) is 12.5 Å². The molecule has 0 aliphatic heterocycles. The first-order valence-corrected chi connectivity index (χ1v) is 3.23. The average molecular weight is 128 g/mol. The van der Waals surface area contributed by atoms with E-state index >= 15 is 0 Å². The van der Waals surface area contributed by atoms with E-state index in [0.29, 0.717) is 12.1 Å². The van der Waals surface area contributed by atoms with Crippen LogP contribution in [0.4, 0.5) is 0 Å². The van der Waals surface area contributed by atoms with Gasteiger partial charge in [-0.2, -0.15) is 0 Å². The van der Waals surface area contributed by atoms with Crippen LogP contribution in [0, 0.1) is 18.3 Å². The standard InChI is InChI=1S/C7H14NO/c1-3-6(5-9)7(8)4-2/h6,8-9H,2-5H2,1H3. The third-order valence-electron chi connectivity index (χ3n) is 1.48. The van der Waals surface area contributed by atoms with Crippen molar-refractivity contribution >= 4 is 5.71 Å². The second-order valence-corrected chi connectivity index (χ2v) is 2.06. The number of hydrogen-bond donors (Lipinski definition) is 2. The molecule has 2 nitrogen and oxygen atoms in total. The van der Waals surface area contributed by atoms with Gasteiger partial charge in [0, 0.05) is 11.6 Å². The van der Waals surface area contributed by atoms with Crippen molar-refractivity contribution in [1.29, 1.82) is 5.41 Å². The molecular weight excluding hydrogens is 114 g/mol. The Balaban J connectivity index is 3.64. The summed E-state index contributed by atoms with van der Waals surface area (Å²) in [6.45, 7) is 5.62. The van der Waals surface area contributed by atoms with Gasteiger partial charge in [-0.05, 0) is 19.8 Å². The van der Waals surface area contributed by atoms with E-state index in [1.54, 1.807) is 0 Å². The molecule has 2 heteroatoms. The van der Waals surface area contributed by atoms with Crippen LogP contribution in [0.5, 0.6) is 0 Å². The largest absolute Gasteiger partial charge is 0.396 e. The molecule has 0 aromatic heterocycles. The van der Waals surface area contributed by atoms with Crippen molar-refractivity contribution in [3.63, 3.8) is 0 Å². The SMILES string of the molecule is [CH2]CC(=N)C(CC)CO. The summed E-state index contributed by atoms with van der Waals surface area (Å²) in [5, 5.41) is 15.9. The summed E-state index contributed by atoms with van der Waals surface area (Å²) < 4.78 is 0. The molecule has 0 aromatic carbocycles. The van der Waals surface area contributed by atoms with Gasteiger partial charge in [0.1, 0.15) is 0 Å².